The molecular weight excluding hydrogens is 404 g/mol. The lowest BCUT2D eigenvalue weighted by atomic mass is 9.99. The lowest BCUT2D eigenvalue weighted by Crippen LogP contribution is -2.23. The molecule has 0 saturated heterocycles. The van der Waals surface area contributed by atoms with Gasteiger partial charge in [-0.1, -0.05) is 48.3 Å². The molecule has 0 aliphatic heterocycles. The van der Waals surface area contributed by atoms with E-state index < -0.39 is 0 Å². The third kappa shape index (κ3) is 4.35. The quantitative estimate of drug-likeness (QED) is 0.631. The van der Waals surface area contributed by atoms with Gasteiger partial charge in [-0.15, -0.1) is 0 Å². The van der Waals surface area contributed by atoms with Crippen molar-refractivity contribution < 1.29 is 0 Å². The van der Waals surface area contributed by atoms with Crippen LogP contribution in [0.2, 0.25) is 10.0 Å². The molecule has 0 aromatic heterocycles. The molecule has 0 amide bonds. The van der Waals surface area contributed by atoms with E-state index in [4.69, 9.17) is 23.2 Å². The lowest BCUT2D eigenvalue weighted by Gasteiger charge is -2.19. The van der Waals surface area contributed by atoms with Crippen LogP contribution in [-0.2, 0) is 6.42 Å². The third-order valence-corrected chi connectivity index (χ3v) is 4.40. The second-order valence-electron chi connectivity index (χ2n) is 4.61. The van der Waals surface area contributed by atoms with Crippen LogP contribution in [0, 0.1) is 3.57 Å². The van der Waals surface area contributed by atoms with E-state index in [1.807, 2.05) is 12.1 Å². The van der Waals surface area contributed by atoms with Crippen molar-refractivity contribution in [2.45, 2.75) is 19.4 Å². The minimum Gasteiger partial charge on any atom is -0.310 e. The van der Waals surface area contributed by atoms with Crippen LogP contribution >= 0.6 is 45.8 Å². The Balaban J connectivity index is 2.25. The van der Waals surface area contributed by atoms with Gasteiger partial charge in [-0.25, -0.2) is 0 Å². The van der Waals surface area contributed by atoms with E-state index >= 15 is 0 Å². The highest BCUT2D eigenvalue weighted by atomic mass is 127. The average molecular weight is 420 g/mol. The minimum atomic E-state index is 0.258. The first-order valence-electron chi connectivity index (χ1n) is 6.53. The Morgan fingerprint density at radius 2 is 1.95 bits per heavy atom. The van der Waals surface area contributed by atoms with Crippen LogP contribution in [0.15, 0.2) is 42.5 Å². The fourth-order valence-corrected chi connectivity index (χ4v) is 3.24. The molecule has 20 heavy (non-hydrogen) atoms. The van der Waals surface area contributed by atoms with Crippen molar-refractivity contribution in [1.82, 2.24) is 5.32 Å². The van der Waals surface area contributed by atoms with Crippen LogP contribution in [-0.4, -0.2) is 6.54 Å². The Hall–Kier alpha value is -0.290. The van der Waals surface area contributed by atoms with Gasteiger partial charge in [0.05, 0.1) is 0 Å². The van der Waals surface area contributed by atoms with Crippen LogP contribution in [0.1, 0.15) is 24.1 Å². The highest BCUT2D eigenvalue weighted by Crippen LogP contribution is 2.26. The van der Waals surface area contributed by atoms with Gasteiger partial charge in [-0.3, -0.25) is 0 Å². The first-order valence-corrected chi connectivity index (χ1v) is 8.36. The maximum Gasteiger partial charge on any atom is 0.0453 e. The van der Waals surface area contributed by atoms with E-state index in [2.05, 4.69) is 59.1 Å². The van der Waals surface area contributed by atoms with Crippen molar-refractivity contribution >= 4 is 45.8 Å². The summed E-state index contributed by atoms with van der Waals surface area (Å²) < 4.78 is 1.24. The van der Waals surface area contributed by atoms with Gasteiger partial charge in [0, 0.05) is 19.7 Å². The molecule has 0 spiro atoms. The van der Waals surface area contributed by atoms with Crippen LogP contribution in [0.5, 0.6) is 0 Å². The molecule has 106 valence electrons. The van der Waals surface area contributed by atoms with Crippen LogP contribution in [0.25, 0.3) is 0 Å². The molecule has 2 aromatic carbocycles. The molecule has 0 fully saturated rings. The van der Waals surface area contributed by atoms with Crippen LogP contribution < -0.4 is 5.32 Å². The number of hydrogen-bond acceptors (Lipinski definition) is 1. The van der Waals surface area contributed by atoms with E-state index in [1.54, 1.807) is 6.07 Å². The van der Waals surface area contributed by atoms with Gasteiger partial charge in [0.2, 0.25) is 0 Å². The largest absolute Gasteiger partial charge is 0.310 e. The minimum absolute atomic E-state index is 0.258. The third-order valence-electron chi connectivity index (χ3n) is 3.14. The summed E-state index contributed by atoms with van der Waals surface area (Å²) in [6.45, 7) is 3.03. The Kier molecular flexibility index (Phi) is 6.15. The molecule has 4 heteroatoms. The molecule has 0 heterocycles. The van der Waals surface area contributed by atoms with Crippen molar-refractivity contribution in [3.63, 3.8) is 0 Å². The van der Waals surface area contributed by atoms with Crippen molar-refractivity contribution in [3.05, 3.63) is 67.2 Å². The molecule has 2 aromatic rings. The standard InChI is InChI=1S/C16H16Cl2IN/c1-2-20-16(12-4-3-5-14(19)8-12)9-11-6-7-13(17)10-15(11)18/h3-8,10,16,20H,2,9H2,1H3. The number of hydrogen-bond donors (Lipinski definition) is 1. The highest BCUT2D eigenvalue weighted by Gasteiger charge is 2.13. The molecule has 0 aliphatic rings. The zero-order valence-electron chi connectivity index (χ0n) is 11.2. The van der Waals surface area contributed by atoms with Gasteiger partial charge in [-0.05, 0) is 70.9 Å². The summed E-state index contributed by atoms with van der Waals surface area (Å²) >= 11 is 14.6. The van der Waals surface area contributed by atoms with E-state index in [1.165, 1.54) is 9.13 Å². The van der Waals surface area contributed by atoms with Crippen LogP contribution in [0.3, 0.4) is 0 Å². The molecule has 1 nitrogen and oxygen atoms in total. The van der Waals surface area contributed by atoms with Gasteiger partial charge in [0.15, 0.2) is 0 Å². The SMILES string of the molecule is CCNC(Cc1ccc(Cl)cc1Cl)c1cccc(I)c1. The van der Waals surface area contributed by atoms with Gasteiger partial charge in [-0.2, -0.15) is 0 Å². The second-order valence-corrected chi connectivity index (χ2v) is 6.69. The Labute approximate surface area is 143 Å². The second kappa shape index (κ2) is 7.64. The van der Waals surface area contributed by atoms with Crippen LogP contribution in [0.4, 0.5) is 0 Å². The summed E-state index contributed by atoms with van der Waals surface area (Å²) in [6, 6.07) is 14.5. The normalized spacial score (nSPS) is 12.4. The van der Waals surface area contributed by atoms with E-state index in [0.717, 1.165) is 23.6 Å². The fraction of sp³-hybridized carbons (Fsp3) is 0.250. The zero-order valence-corrected chi connectivity index (χ0v) is 14.8. The number of halogens is 3. The predicted octanol–water partition coefficient (Wildman–Crippen LogP) is 5.49. The van der Waals surface area contributed by atoms with Crippen molar-refractivity contribution in [1.29, 1.82) is 0 Å². The molecule has 1 atom stereocenters. The molecular formula is C16H16Cl2IN. The van der Waals surface area contributed by atoms with Gasteiger partial charge >= 0.3 is 0 Å². The van der Waals surface area contributed by atoms with Crippen molar-refractivity contribution in [2.24, 2.45) is 0 Å². The highest BCUT2D eigenvalue weighted by molar-refractivity contribution is 14.1. The average Bonchev–Trinajstić information content (AvgIpc) is 2.41. The molecule has 2 rings (SSSR count). The Bertz CT molecular complexity index is 586. The first kappa shape index (κ1) is 16.1. The lowest BCUT2D eigenvalue weighted by molar-refractivity contribution is 0.549. The number of benzene rings is 2. The predicted molar refractivity (Wildman–Crippen MR) is 95.7 cm³/mol. The van der Waals surface area contributed by atoms with Crippen molar-refractivity contribution in [2.75, 3.05) is 6.54 Å². The number of nitrogens with one attached hydrogen (secondary N) is 1. The summed E-state index contributed by atoms with van der Waals surface area (Å²) in [5, 5.41) is 4.92. The molecule has 0 aliphatic carbocycles. The van der Waals surface area contributed by atoms with Gasteiger partial charge < -0.3 is 5.32 Å². The summed E-state index contributed by atoms with van der Waals surface area (Å²) in [5.41, 5.74) is 2.39. The van der Waals surface area contributed by atoms with E-state index in [9.17, 15) is 0 Å². The van der Waals surface area contributed by atoms with Gasteiger partial charge in [0.25, 0.3) is 0 Å². The monoisotopic (exact) mass is 419 g/mol. The van der Waals surface area contributed by atoms with Gasteiger partial charge in [0.1, 0.15) is 0 Å². The maximum absolute atomic E-state index is 6.28. The van der Waals surface area contributed by atoms with E-state index in [0.29, 0.717) is 5.02 Å². The Morgan fingerprint density at radius 1 is 1.15 bits per heavy atom. The van der Waals surface area contributed by atoms with E-state index in [-0.39, 0.29) is 6.04 Å². The zero-order chi connectivity index (χ0) is 14.5. The number of likely N-dealkylation sites (N-methyl/N-ethyl adjacent to an activating group) is 1. The molecule has 1 N–H and O–H groups in total. The van der Waals surface area contributed by atoms with Crippen molar-refractivity contribution in [3.8, 4) is 0 Å². The summed E-state index contributed by atoms with van der Waals surface area (Å²) in [4.78, 5) is 0. The summed E-state index contributed by atoms with van der Waals surface area (Å²) in [6.07, 6.45) is 0.851. The fourth-order valence-electron chi connectivity index (χ4n) is 2.18. The molecule has 1 unspecified atom stereocenters. The summed E-state index contributed by atoms with van der Waals surface area (Å²) in [5.74, 6) is 0. The molecule has 0 saturated carbocycles. The molecule has 0 radical (unpaired) electrons. The Morgan fingerprint density at radius 3 is 2.60 bits per heavy atom. The topological polar surface area (TPSA) is 12.0 Å². The molecule has 0 bridgehead atoms. The first-order chi connectivity index (χ1) is 9.60. The smallest absolute Gasteiger partial charge is 0.0453 e. The maximum atomic E-state index is 6.28. The summed E-state index contributed by atoms with van der Waals surface area (Å²) in [7, 11) is 0. The number of rotatable bonds is 5.